The summed E-state index contributed by atoms with van der Waals surface area (Å²) in [6.45, 7) is 3.54. The highest BCUT2D eigenvalue weighted by Crippen LogP contribution is 2.17. The van der Waals surface area contributed by atoms with Gasteiger partial charge in [0.1, 0.15) is 6.04 Å². The number of anilines is 1. The number of carbonyl (C=O) groups is 2. The summed E-state index contributed by atoms with van der Waals surface area (Å²) >= 11 is 0. The van der Waals surface area contributed by atoms with Crippen LogP contribution in [0.25, 0.3) is 0 Å². The Morgan fingerprint density at radius 1 is 1.00 bits per heavy atom. The third kappa shape index (κ3) is 5.94. The predicted molar refractivity (Wildman–Crippen MR) is 114 cm³/mol. The molecule has 1 fully saturated rings. The van der Waals surface area contributed by atoms with Crippen molar-refractivity contribution in [3.63, 3.8) is 0 Å². The zero-order valence-corrected chi connectivity index (χ0v) is 17.2. The number of hydrogen-bond acceptors (Lipinski definition) is 6. The van der Waals surface area contributed by atoms with Gasteiger partial charge in [0.15, 0.2) is 0 Å². The van der Waals surface area contributed by atoms with Crippen LogP contribution >= 0.6 is 0 Å². The first-order chi connectivity index (χ1) is 15.0. The van der Waals surface area contributed by atoms with Gasteiger partial charge in [-0.25, -0.2) is 10.3 Å². The summed E-state index contributed by atoms with van der Waals surface area (Å²) in [5.74, 6) is 5.36. The zero-order valence-electron chi connectivity index (χ0n) is 17.2. The third-order valence-corrected chi connectivity index (χ3v) is 4.98. The summed E-state index contributed by atoms with van der Waals surface area (Å²) in [6.07, 6.45) is 2.27. The maximum Gasteiger partial charge on any atom is 0.318 e. The lowest BCUT2D eigenvalue weighted by atomic mass is 10.1. The monoisotopic (exact) mass is 423 g/mol. The fourth-order valence-corrected chi connectivity index (χ4v) is 3.20. The quantitative estimate of drug-likeness (QED) is 0.324. The van der Waals surface area contributed by atoms with Crippen LogP contribution in [0.15, 0.2) is 48.8 Å². The second kappa shape index (κ2) is 10.4. The van der Waals surface area contributed by atoms with E-state index in [1.54, 1.807) is 17.3 Å². The van der Waals surface area contributed by atoms with Crippen LogP contribution in [0.3, 0.4) is 0 Å². The average Bonchev–Trinajstić information content (AvgIpc) is 2.81. The minimum atomic E-state index is -1.23. The molecule has 3 rings (SSSR count). The summed E-state index contributed by atoms with van der Waals surface area (Å²) in [7, 11) is 0. The largest absolute Gasteiger partial charge is 0.391 e. The van der Waals surface area contributed by atoms with E-state index in [9.17, 15) is 14.7 Å². The van der Waals surface area contributed by atoms with Gasteiger partial charge in [-0.1, -0.05) is 11.8 Å². The maximum absolute atomic E-state index is 12.4. The molecule has 1 saturated heterocycles. The van der Waals surface area contributed by atoms with E-state index >= 15 is 0 Å². The SMILES string of the molecule is C[C@@H](O)[C@H](NC(=O)N1CCN(c2ccc(C#Cc3ccncc3)cc2)CC1)C(=O)NO. The summed E-state index contributed by atoms with van der Waals surface area (Å²) in [4.78, 5) is 31.7. The van der Waals surface area contributed by atoms with Crippen molar-refractivity contribution >= 4 is 17.6 Å². The molecule has 0 radical (unpaired) electrons. The van der Waals surface area contributed by atoms with Crippen LogP contribution in [-0.2, 0) is 4.79 Å². The molecule has 162 valence electrons. The molecule has 0 unspecified atom stereocenters. The highest BCUT2D eigenvalue weighted by Gasteiger charge is 2.29. The van der Waals surface area contributed by atoms with E-state index in [-0.39, 0.29) is 0 Å². The number of aliphatic hydroxyl groups excluding tert-OH is 1. The average molecular weight is 423 g/mol. The normalized spacial score (nSPS) is 15.3. The highest BCUT2D eigenvalue weighted by atomic mass is 16.5. The Morgan fingerprint density at radius 3 is 2.13 bits per heavy atom. The number of amides is 3. The van der Waals surface area contributed by atoms with E-state index in [0.717, 1.165) is 16.8 Å². The van der Waals surface area contributed by atoms with Crippen molar-refractivity contribution in [2.24, 2.45) is 0 Å². The Balaban J connectivity index is 1.54. The number of piperazine rings is 1. The van der Waals surface area contributed by atoms with E-state index in [1.165, 1.54) is 12.4 Å². The van der Waals surface area contributed by atoms with E-state index in [0.29, 0.717) is 26.2 Å². The van der Waals surface area contributed by atoms with Gasteiger partial charge < -0.3 is 20.2 Å². The Hall–Kier alpha value is -3.61. The number of aromatic nitrogens is 1. The topological polar surface area (TPSA) is 118 Å². The zero-order chi connectivity index (χ0) is 22.2. The van der Waals surface area contributed by atoms with Gasteiger partial charge in [-0.2, -0.15) is 0 Å². The fourth-order valence-electron chi connectivity index (χ4n) is 3.20. The van der Waals surface area contributed by atoms with Crippen LogP contribution < -0.4 is 15.7 Å². The van der Waals surface area contributed by atoms with Crippen LogP contribution in [0.5, 0.6) is 0 Å². The van der Waals surface area contributed by atoms with Crippen LogP contribution in [0.4, 0.5) is 10.5 Å². The number of pyridine rings is 1. The molecule has 31 heavy (non-hydrogen) atoms. The Bertz CT molecular complexity index is 945. The number of carbonyl (C=O) groups excluding carboxylic acids is 2. The van der Waals surface area contributed by atoms with Crippen molar-refractivity contribution in [1.82, 2.24) is 20.7 Å². The van der Waals surface area contributed by atoms with Gasteiger partial charge in [-0.3, -0.25) is 15.0 Å². The molecule has 1 aromatic carbocycles. The van der Waals surface area contributed by atoms with Crippen LogP contribution in [0.2, 0.25) is 0 Å². The lowest BCUT2D eigenvalue weighted by Crippen LogP contribution is -2.58. The first kappa shape index (κ1) is 22.1. The molecule has 0 spiro atoms. The molecule has 4 N–H and O–H groups in total. The second-order valence-electron chi connectivity index (χ2n) is 7.15. The number of benzene rings is 1. The molecule has 2 heterocycles. The van der Waals surface area contributed by atoms with Gasteiger partial charge in [0.05, 0.1) is 6.10 Å². The number of aliphatic hydroxyl groups is 1. The molecule has 3 amide bonds. The minimum absolute atomic E-state index is 0.461. The summed E-state index contributed by atoms with van der Waals surface area (Å²) < 4.78 is 0. The van der Waals surface area contributed by atoms with Crippen molar-refractivity contribution in [3.05, 3.63) is 59.9 Å². The molecule has 1 aliphatic heterocycles. The third-order valence-electron chi connectivity index (χ3n) is 4.98. The molecule has 0 bridgehead atoms. The van der Waals surface area contributed by atoms with Crippen molar-refractivity contribution < 1.29 is 19.9 Å². The summed E-state index contributed by atoms with van der Waals surface area (Å²) in [5.41, 5.74) is 4.30. The van der Waals surface area contributed by atoms with Crippen molar-refractivity contribution in [2.45, 2.75) is 19.1 Å². The van der Waals surface area contributed by atoms with E-state index in [4.69, 9.17) is 5.21 Å². The number of urea groups is 1. The molecular weight excluding hydrogens is 398 g/mol. The molecule has 1 aliphatic rings. The summed E-state index contributed by atoms with van der Waals surface area (Å²) in [6, 6.07) is 9.95. The first-order valence-corrected chi connectivity index (χ1v) is 9.92. The standard InChI is InChI=1S/C22H25N5O4/c1-16(28)20(21(29)25-31)24-22(30)27-14-12-26(13-15-27)19-6-4-17(5-7-19)2-3-18-8-10-23-11-9-18/h4-11,16,20,28,31H,12-15H2,1H3,(H,24,30)(H,25,29)/t16-,20+/m1/s1. The predicted octanol–water partition coefficient (Wildman–Crippen LogP) is 0.568. The lowest BCUT2D eigenvalue weighted by molar-refractivity contribution is -0.133. The molecule has 2 atom stereocenters. The van der Waals surface area contributed by atoms with Gasteiger partial charge in [0.2, 0.25) is 0 Å². The number of rotatable bonds is 4. The van der Waals surface area contributed by atoms with Crippen LogP contribution in [0, 0.1) is 11.8 Å². The van der Waals surface area contributed by atoms with Crippen molar-refractivity contribution in [2.75, 3.05) is 31.1 Å². The second-order valence-corrected chi connectivity index (χ2v) is 7.15. The number of hydroxylamine groups is 1. The molecule has 9 nitrogen and oxygen atoms in total. The number of nitrogens with zero attached hydrogens (tertiary/aromatic N) is 3. The van der Waals surface area contributed by atoms with E-state index in [1.807, 2.05) is 36.4 Å². The Labute approximate surface area is 180 Å². The Kier molecular flexibility index (Phi) is 7.43. The van der Waals surface area contributed by atoms with Crippen molar-refractivity contribution in [1.29, 1.82) is 0 Å². The fraction of sp³-hybridized carbons (Fsp3) is 0.318. The molecule has 1 aromatic heterocycles. The van der Waals surface area contributed by atoms with Gasteiger partial charge in [-0.15, -0.1) is 0 Å². The van der Waals surface area contributed by atoms with Crippen LogP contribution in [-0.4, -0.2) is 70.5 Å². The van der Waals surface area contributed by atoms with Gasteiger partial charge in [-0.05, 0) is 43.3 Å². The van der Waals surface area contributed by atoms with Crippen LogP contribution in [0.1, 0.15) is 18.1 Å². The molecule has 0 saturated carbocycles. The number of nitrogens with one attached hydrogen (secondary N) is 2. The lowest BCUT2D eigenvalue weighted by Gasteiger charge is -2.36. The van der Waals surface area contributed by atoms with E-state index < -0.39 is 24.1 Å². The smallest absolute Gasteiger partial charge is 0.318 e. The maximum atomic E-state index is 12.4. The minimum Gasteiger partial charge on any atom is -0.391 e. The van der Waals surface area contributed by atoms with Crippen molar-refractivity contribution in [3.8, 4) is 11.8 Å². The molecule has 9 heteroatoms. The molecule has 0 aliphatic carbocycles. The molecular formula is C22H25N5O4. The van der Waals surface area contributed by atoms with E-state index in [2.05, 4.69) is 27.0 Å². The first-order valence-electron chi connectivity index (χ1n) is 9.92. The Morgan fingerprint density at radius 2 is 1.58 bits per heavy atom. The summed E-state index contributed by atoms with van der Waals surface area (Å²) in [5, 5.41) is 20.9. The number of hydrogen-bond donors (Lipinski definition) is 4. The highest BCUT2D eigenvalue weighted by molar-refractivity contribution is 5.87. The van der Waals surface area contributed by atoms with Gasteiger partial charge in [0.25, 0.3) is 5.91 Å². The molecule has 2 aromatic rings. The van der Waals surface area contributed by atoms with Gasteiger partial charge in [0, 0.05) is 55.4 Å². The van der Waals surface area contributed by atoms with Gasteiger partial charge >= 0.3 is 6.03 Å².